The van der Waals surface area contributed by atoms with E-state index in [1.54, 1.807) is 0 Å². The number of fused-ring (bicyclic) bond motifs is 1. The molecule has 0 radical (unpaired) electrons. The maximum absolute atomic E-state index is 15.3. The molecule has 0 aliphatic rings. The summed E-state index contributed by atoms with van der Waals surface area (Å²) in [7, 11) is 0. The Labute approximate surface area is 165 Å². The van der Waals surface area contributed by atoms with Crippen LogP contribution in [-0.4, -0.2) is 33.8 Å². The Bertz CT molecular complexity index is 1110. The first-order chi connectivity index (χ1) is 14.1. The molecule has 1 amide bonds. The highest BCUT2D eigenvalue weighted by Crippen LogP contribution is 2.32. The van der Waals surface area contributed by atoms with Gasteiger partial charge in [0, 0.05) is 15.6 Å². The average Bonchev–Trinajstić information content (AvgIpc) is 3.10. The molecule has 2 aromatic carbocycles. The average molecular weight is 445 g/mol. The fraction of sp³-hybridized carbons (Fsp3) is 0.176. The first kappa shape index (κ1) is 15.5. The number of aliphatic hydroxyl groups excluding tert-OH is 1. The van der Waals surface area contributed by atoms with Crippen LogP contribution < -0.4 is 10.8 Å². The Morgan fingerprint density at radius 1 is 1.44 bits per heavy atom. The summed E-state index contributed by atoms with van der Waals surface area (Å²) in [5.41, 5.74) is 0.620. The van der Waals surface area contributed by atoms with E-state index in [1.807, 2.05) is 5.48 Å². The van der Waals surface area contributed by atoms with E-state index in [0.717, 1.165) is 23.0 Å². The first-order valence-electron chi connectivity index (χ1n) is 9.08. The van der Waals surface area contributed by atoms with E-state index in [9.17, 15) is 9.18 Å². The van der Waals surface area contributed by atoms with Crippen molar-refractivity contribution in [1.82, 2.24) is 15.0 Å². The predicted octanol–water partition coefficient (Wildman–Crippen LogP) is 3.01. The summed E-state index contributed by atoms with van der Waals surface area (Å²) in [5.74, 6) is -2.72. The fourth-order valence-corrected chi connectivity index (χ4v) is 2.69. The molecule has 0 spiro atoms. The van der Waals surface area contributed by atoms with Gasteiger partial charge in [0.15, 0.2) is 5.82 Å². The molecule has 0 aliphatic heterocycles. The number of amides is 1. The maximum Gasteiger partial charge on any atom is 0.277 e. The Kier molecular flexibility index (Phi) is 4.58. The molecule has 7 nitrogen and oxygen atoms in total. The summed E-state index contributed by atoms with van der Waals surface area (Å²) < 4.78 is 53.4. The predicted molar refractivity (Wildman–Crippen MR) is 98.6 cm³/mol. The molecule has 142 valence electrons. The van der Waals surface area contributed by atoms with Gasteiger partial charge in [-0.1, -0.05) is 15.9 Å². The summed E-state index contributed by atoms with van der Waals surface area (Å²) in [6.45, 7) is -3.28. The molecular formula is C17H15BrF2N4O3. The molecule has 0 saturated carbocycles. The largest absolute Gasteiger partial charge is 0.394 e. The van der Waals surface area contributed by atoms with Crippen molar-refractivity contribution < 1.29 is 27.6 Å². The molecule has 1 heterocycles. The Balaban J connectivity index is 2.16. The Hall–Kier alpha value is -2.56. The molecule has 1 aromatic heterocycles. The van der Waals surface area contributed by atoms with Gasteiger partial charge in [0.25, 0.3) is 5.91 Å². The molecule has 0 atom stereocenters. The number of aromatic nitrogens is 2. The number of aliphatic hydroxyl groups is 1. The molecule has 0 aliphatic carbocycles. The van der Waals surface area contributed by atoms with Gasteiger partial charge in [0.1, 0.15) is 11.3 Å². The first-order valence-corrected chi connectivity index (χ1v) is 8.38. The molecule has 0 bridgehead atoms. The number of hydrogen-bond donors (Lipinski definition) is 3. The second-order valence-corrected chi connectivity index (χ2v) is 6.26. The van der Waals surface area contributed by atoms with Crippen molar-refractivity contribution in [2.24, 2.45) is 6.98 Å². The second kappa shape index (κ2) is 7.99. The summed E-state index contributed by atoms with van der Waals surface area (Å²) in [4.78, 5) is 21.1. The summed E-state index contributed by atoms with van der Waals surface area (Å²) >= 11 is 3.11. The van der Waals surface area contributed by atoms with Crippen LogP contribution in [0.15, 0.2) is 35.1 Å². The van der Waals surface area contributed by atoms with Gasteiger partial charge in [-0.2, -0.15) is 0 Å². The molecular weight excluding hydrogens is 427 g/mol. The van der Waals surface area contributed by atoms with Gasteiger partial charge in [-0.05, 0) is 24.3 Å². The van der Waals surface area contributed by atoms with Gasteiger partial charge in [-0.25, -0.2) is 19.2 Å². The summed E-state index contributed by atoms with van der Waals surface area (Å²) in [6.07, 6.45) is 0.925. The van der Waals surface area contributed by atoms with Crippen LogP contribution in [0.2, 0.25) is 0 Å². The van der Waals surface area contributed by atoms with E-state index in [0.29, 0.717) is 4.47 Å². The minimum absolute atomic E-state index is 0.128. The fourth-order valence-electron chi connectivity index (χ4n) is 2.35. The molecule has 0 saturated heterocycles. The smallest absolute Gasteiger partial charge is 0.277 e. The number of hydroxylamine groups is 1. The molecule has 10 heteroatoms. The van der Waals surface area contributed by atoms with Crippen molar-refractivity contribution in [2.75, 3.05) is 18.5 Å². The Morgan fingerprint density at radius 3 is 2.96 bits per heavy atom. The van der Waals surface area contributed by atoms with Gasteiger partial charge in [-0.15, -0.1) is 0 Å². The van der Waals surface area contributed by atoms with Gasteiger partial charge < -0.3 is 15.0 Å². The molecule has 0 unspecified atom stereocenters. The monoisotopic (exact) mass is 444 g/mol. The minimum Gasteiger partial charge on any atom is -0.394 e. The number of carbonyl (C=O) groups excluding carboxylic acids is 1. The van der Waals surface area contributed by atoms with E-state index in [-0.39, 0.29) is 35.5 Å². The van der Waals surface area contributed by atoms with Gasteiger partial charge in [0.2, 0.25) is 0 Å². The number of imidazole rings is 1. The Morgan fingerprint density at radius 2 is 2.26 bits per heavy atom. The molecule has 27 heavy (non-hydrogen) atoms. The van der Waals surface area contributed by atoms with Gasteiger partial charge >= 0.3 is 0 Å². The van der Waals surface area contributed by atoms with E-state index >= 15 is 4.39 Å². The lowest BCUT2D eigenvalue weighted by Crippen LogP contribution is -2.26. The normalized spacial score (nSPS) is 13.1. The van der Waals surface area contributed by atoms with Gasteiger partial charge in [0.05, 0.1) is 42.0 Å². The van der Waals surface area contributed by atoms with E-state index in [2.05, 4.69) is 26.2 Å². The maximum atomic E-state index is 15.3. The summed E-state index contributed by atoms with van der Waals surface area (Å²) in [6, 6.07) is 5.09. The number of anilines is 2. The lowest BCUT2D eigenvalue weighted by molar-refractivity contribution is 0.0169. The number of hydrogen-bond acceptors (Lipinski definition) is 5. The highest BCUT2D eigenvalue weighted by atomic mass is 79.9. The highest BCUT2D eigenvalue weighted by molar-refractivity contribution is 9.10. The number of nitrogens with one attached hydrogen (secondary N) is 2. The molecule has 3 N–H and O–H groups in total. The number of carbonyl (C=O) groups is 1. The quantitative estimate of drug-likeness (QED) is 0.309. The SMILES string of the molecule is [2H][13C]([2H])([2H])n1cnc2c(F)c(Nc3ccc(Br)cc3F)c(C(=O)NOCCO)cc21. The number of halogens is 3. The lowest BCUT2D eigenvalue weighted by atomic mass is 10.1. The van der Waals surface area contributed by atoms with Crippen molar-refractivity contribution in [2.45, 2.75) is 0 Å². The summed E-state index contributed by atoms with van der Waals surface area (Å²) in [5, 5.41) is 11.3. The van der Waals surface area contributed by atoms with Crippen LogP contribution >= 0.6 is 15.9 Å². The number of benzene rings is 2. The van der Waals surface area contributed by atoms with Crippen LogP contribution in [0.1, 0.15) is 14.5 Å². The lowest BCUT2D eigenvalue weighted by Gasteiger charge is -2.15. The number of rotatable bonds is 6. The highest BCUT2D eigenvalue weighted by Gasteiger charge is 2.22. The van der Waals surface area contributed by atoms with Crippen LogP contribution in [0.25, 0.3) is 11.0 Å². The zero-order chi connectivity index (χ0) is 22.1. The number of aryl methyl sites for hydroxylation is 1. The molecule has 3 aromatic rings. The van der Waals surface area contributed by atoms with Gasteiger partial charge in [-0.3, -0.25) is 9.63 Å². The third kappa shape index (κ3) is 3.92. The van der Waals surface area contributed by atoms with Crippen molar-refractivity contribution >= 4 is 44.2 Å². The molecule has 3 rings (SSSR count). The number of nitrogens with zero attached hydrogens (tertiary/aromatic N) is 2. The van der Waals surface area contributed by atoms with Crippen molar-refractivity contribution in [3.8, 4) is 0 Å². The van der Waals surface area contributed by atoms with Crippen LogP contribution in [0.3, 0.4) is 0 Å². The molecule has 0 fully saturated rings. The van der Waals surface area contributed by atoms with E-state index in [1.165, 1.54) is 12.1 Å². The van der Waals surface area contributed by atoms with Crippen LogP contribution in [0, 0.1) is 11.6 Å². The van der Waals surface area contributed by atoms with Crippen LogP contribution in [-0.2, 0) is 11.8 Å². The van der Waals surface area contributed by atoms with Crippen molar-refractivity contribution in [1.29, 1.82) is 0 Å². The third-order valence-corrected chi connectivity index (χ3v) is 4.07. The van der Waals surface area contributed by atoms with Crippen LogP contribution in [0.5, 0.6) is 0 Å². The minimum atomic E-state index is -2.67. The van der Waals surface area contributed by atoms with Crippen molar-refractivity contribution in [3.05, 3.63) is 52.3 Å². The zero-order valence-electron chi connectivity index (χ0n) is 16.6. The van der Waals surface area contributed by atoms with Crippen molar-refractivity contribution in [3.63, 3.8) is 0 Å². The van der Waals surface area contributed by atoms with E-state index in [4.69, 9.17) is 14.1 Å². The third-order valence-electron chi connectivity index (χ3n) is 3.58. The zero-order valence-corrected chi connectivity index (χ0v) is 15.2. The van der Waals surface area contributed by atoms with Crippen LogP contribution in [0.4, 0.5) is 20.2 Å². The topological polar surface area (TPSA) is 88.4 Å². The second-order valence-electron chi connectivity index (χ2n) is 5.35. The van der Waals surface area contributed by atoms with E-state index < -0.39 is 30.2 Å². The standard InChI is InChI=1S/C17H15BrF2N4O3/c1-24-8-21-16-13(24)7-10(17(26)23-27-5-4-25)15(14(16)20)22-12-3-2-9(18)6-11(12)19/h2-3,6-8,22,25H,4-5H2,1H3,(H,23,26)/i1+1D3.